The van der Waals surface area contributed by atoms with Crippen molar-refractivity contribution in [2.75, 3.05) is 26.2 Å². The lowest BCUT2D eigenvalue weighted by Gasteiger charge is -2.30. The molecule has 2 aromatic rings. The van der Waals surface area contributed by atoms with Crippen LogP contribution in [0.25, 0.3) is 6.08 Å². The summed E-state index contributed by atoms with van der Waals surface area (Å²) in [7, 11) is 0. The smallest absolute Gasteiger partial charge is 0.246 e. The summed E-state index contributed by atoms with van der Waals surface area (Å²) in [5.41, 5.74) is 1.01. The molecule has 1 heterocycles. The maximum absolute atomic E-state index is 12.3. The second-order valence-electron chi connectivity index (χ2n) is 7.15. The van der Waals surface area contributed by atoms with Gasteiger partial charge in [-0.25, -0.2) is 0 Å². The number of carbonyl (C=O) groups is 2. The zero-order valence-electron chi connectivity index (χ0n) is 16.6. The minimum atomic E-state index is -0.0211. The number of nitrogens with one attached hydrogen (secondary N) is 1. The van der Waals surface area contributed by atoms with E-state index in [0.717, 1.165) is 17.7 Å². The van der Waals surface area contributed by atoms with Gasteiger partial charge < -0.3 is 15.0 Å². The first-order valence-corrected chi connectivity index (χ1v) is 10.2. The first-order chi connectivity index (χ1) is 14.2. The molecule has 0 aromatic heterocycles. The molecule has 3 rings (SSSR count). The standard InChI is InChI=1S/C24H28N2O3/c27-23(13-12-20-8-3-1-4-9-20)26-17-14-21(15-18-26)24(28)25-16-7-19-29-22-10-5-2-6-11-22/h1-6,8-13,21H,7,14-19H2,(H,25,28)/b13-12+. The van der Waals surface area contributed by atoms with E-state index >= 15 is 0 Å². The van der Waals surface area contributed by atoms with Crippen molar-refractivity contribution in [2.45, 2.75) is 19.3 Å². The van der Waals surface area contributed by atoms with Crippen LogP contribution in [-0.2, 0) is 9.59 Å². The van der Waals surface area contributed by atoms with E-state index in [1.165, 1.54) is 0 Å². The molecular formula is C24H28N2O3. The Morgan fingerprint density at radius 3 is 2.34 bits per heavy atom. The Balaban J connectivity index is 1.31. The fourth-order valence-electron chi connectivity index (χ4n) is 3.33. The molecule has 5 nitrogen and oxygen atoms in total. The summed E-state index contributed by atoms with van der Waals surface area (Å²) in [5.74, 6) is 0.909. The van der Waals surface area contributed by atoms with Gasteiger partial charge in [0.1, 0.15) is 5.75 Å². The second-order valence-corrected chi connectivity index (χ2v) is 7.15. The number of para-hydroxylation sites is 1. The number of nitrogens with zero attached hydrogens (tertiary/aromatic N) is 1. The summed E-state index contributed by atoms with van der Waals surface area (Å²) in [6.07, 6.45) is 5.62. The zero-order valence-corrected chi connectivity index (χ0v) is 16.6. The normalized spacial score (nSPS) is 14.7. The summed E-state index contributed by atoms with van der Waals surface area (Å²) in [4.78, 5) is 26.5. The van der Waals surface area contributed by atoms with Gasteiger partial charge in [-0.15, -0.1) is 0 Å². The van der Waals surface area contributed by atoms with Crippen molar-refractivity contribution >= 4 is 17.9 Å². The third-order valence-corrected chi connectivity index (χ3v) is 5.03. The van der Waals surface area contributed by atoms with Gasteiger partial charge in [0.15, 0.2) is 0 Å². The van der Waals surface area contributed by atoms with Gasteiger partial charge in [-0.3, -0.25) is 9.59 Å². The molecule has 0 unspecified atom stereocenters. The SMILES string of the molecule is O=C(NCCCOc1ccccc1)C1CCN(C(=O)/C=C/c2ccccc2)CC1. The van der Waals surface area contributed by atoms with Gasteiger partial charge in [-0.05, 0) is 43.0 Å². The lowest BCUT2D eigenvalue weighted by atomic mass is 9.96. The highest BCUT2D eigenvalue weighted by molar-refractivity contribution is 5.92. The highest BCUT2D eigenvalue weighted by Crippen LogP contribution is 2.18. The maximum atomic E-state index is 12.3. The van der Waals surface area contributed by atoms with Gasteiger partial charge in [0, 0.05) is 31.6 Å². The summed E-state index contributed by atoms with van der Waals surface area (Å²) >= 11 is 0. The Hall–Kier alpha value is -3.08. The van der Waals surface area contributed by atoms with E-state index in [4.69, 9.17) is 4.74 Å². The molecule has 5 heteroatoms. The van der Waals surface area contributed by atoms with E-state index in [9.17, 15) is 9.59 Å². The second kappa shape index (κ2) is 11.1. The molecule has 0 saturated carbocycles. The van der Waals surface area contributed by atoms with Gasteiger partial charge in [-0.1, -0.05) is 48.5 Å². The Kier molecular flexibility index (Phi) is 7.87. The van der Waals surface area contributed by atoms with Crippen molar-refractivity contribution in [3.63, 3.8) is 0 Å². The van der Waals surface area contributed by atoms with Crippen molar-refractivity contribution in [2.24, 2.45) is 5.92 Å². The van der Waals surface area contributed by atoms with Crippen LogP contribution in [0, 0.1) is 5.92 Å². The van der Waals surface area contributed by atoms with Crippen LogP contribution in [0.1, 0.15) is 24.8 Å². The van der Waals surface area contributed by atoms with Crippen molar-refractivity contribution in [1.82, 2.24) is 10.2 Å². The average Bonchev–Trinajstić information content (AvgIpc) is 2.78. The number of ether oxygens (including phenoxy) is 1. The molecule has 0 atom stereocenters. The van der Waals surface area contributed by atoms with Crippen LogP contribution in [0.15, 0.2) is 66.7 Å². The Labute approximate surface area is 172 Å². The number of benzene rings is 2. The van der Waals surface area contributed by atoms with E-state index in [-0.39, 0.29) is 17.7 Å². The molecule has 1 aliphatic rings. The van der Waals surface area contributed by atoms with Gasteiger partial charge in [-0.2, -0.15) is 0 Å². The van der Waals surface area contributed by atoms with Crippen LogP contribution in [0.3, 0.4) is 0 Å². The molecular weight excluding hydrogens is 364 g/mol. The van der Waals surface area contributed by atoms with Crippen molar-refractivity contribution in [1.29, 1.82) is 0 Å². The minimum absolute atomic E-state index is 0.00534. The van der Waals surface area contributed by atoms with E-state index in [1.807, 2.05) is 71.6 Å². The first-order valence-electron chi connectivity index (χ1n) is 10.2. The Bertz CT molecular complexity index is 797. The number of likely N-dealkylation sites (tertiary alicyclic amines) is 1. The predicted molar refractivity (Wildman–Crippen MR) is 114 cm³/mol. The summed E-state index contributed by atoms with van der Waals surface area (Å²) in [6, 6.07) is 19.4. The molecule has 2 amide bonds. The van der Waals surface area contributed by atoms with Gasteiger partial charge in [0.05, 0.1) is 6.61 Å². The van der Waals surface area contributed by atoms with E-state index in [2.05, 4.69) is 5.32 Å². The topological polar surface area (TPSA) is 58.6 Å². The number of hydrogen-bond donors (Lipinski definition) is 1. The Morgan fingerprint density at radius 2 is 1.66 bits per heavy atom. The fourth-order valence-corrected chi connectivity index (χ4v) is 3.33. The van der Waals surface area contributed by atoms with E-state index in [0.29, 0.717) is 39.1 Å². The first kappa shape index (κ1) is 20.6. The van der Waals surface area contributed by atoms with Gasteiger partial charge in [0.2, 0.25) is 11.8 Å². The van der Waals surface area contributed by atoms with Crippen LogP contribution in [0.4, 0.5) is 0 Å². The van der Waals surface area contributed by atoms with Crippen LogP contribution in [-0.4, -0.2) is 43.0 Å². The molecule has 1 aliphatic heterocycles. The largest absolute Gasteiger partial charge is 0.494 e. The van der Waals surface area contributed by atoms with Crippen LogP contribution < -0.4 is 10.1 Å². The molecule has 0 radical (unpaired) electrons. The molecule has 2 aromatic carbocycles. The van der Waals surface area contributed by atoms with Crippen molar-refractivity contribution < 1.29 is 14.3 Å². The summed E-state index contributed by atoms with van der Waals surface area (Å²) < 4.78 is 5.63. The molecule has 1 N–H and O–H groups in total. The lowest BCUT2D eigenvalue weighted by Crippen LogP contribution is -2.42. The van der Waals surface area contributed by atoms with Crippen LogP contribution in [0.2, 0.25) is 0 Å². The molecule has 1 fully saturated rings. The molecule has 0 spiro atoms. The predicted octanol–water partition coefficient (Wildman–Crippen LogP) is 3.52. The molecule has 0 bridgehead atoms. The highest BCUT2D eigenvalue weighted by Gasteiger charge is 2.26. The third-order valence-electron chi connectivity index (χ3n) is 5.03. The van der Waals surface area contributed by atoms with Gasteiger partial charge in [0.25, 0.3) is 0 Å². The molecule has 1 saturated heterocycles. The highest BCUT2D eigenvalue weighted by atomic mass is 16.5. The van der Waals surface area contributed by atoms with Crippen molar-refractivity contribution in [3.8, 4) is 5.75 Å². The maximum Gasteiger partial charge on any atom is 0.246 e. The third kappa shape index (κ3) is 6.79. The number of amides is 2. The van der Waals surface area contributed by atoms with E-state index < -0.39 is 0 Å². The number of piperidine rings is 1. The van der Waals surface area contributed by atoms with Crippen LogP contribution >= 0.6 is 0 Å². The van der Waals surface area contributed by atoms with E-state index in [1.54, 1.807) is 6.08 Å². The van der Waals surface area contributed by atoms with Gasteiger partial charge >= 0.3 is 0 Å². The van der Waals surface area contributed by atoms with Crippen LogP contribution in [0.5, 0.6) is 5.75 Å². The fraction of sp³-hybridized carbons (Fsp3) is 0.333. The molecule has 29 heavy (non-hydrogen) atoms. The number of carbonyl (C=O) groups excluding carboxylic acids is 2. The quantitative estimate of drug-likeness (QED) is 0.552. The number of hydrogen-bond acceptors (Lipinski definition) is 3. The van der Waals surface area contributed by atoms with Crippen molar-refractivity contribution in [3.05, 3.63) is 72.3 Å². The molecule has 0 aliphatic carbocycles. The zero-order chi connectivity index (χ0) is 20.3. The average molecular weight is 392 g/mol. The Morgan fingerprint density at radius 1 is 1.00 bits per heavy atom. The summed E-state index contributed by atoms with van der Waals surface area (Å²) in [6.45, 7) is 2.41. The lowest BCUT2D eigenvalue weighted by molar-refractivity contribution is -0.132. The molecule has 152 valence electrons. The number of rotatable bonds is 8. The monoisotopic (exact) mass is 392 g/mol. The minimum Gasteiger partial charge on any atom is -0.494 e. The summed E-state index contributed by atoms with van der Waals surface area (Å²) in [5, 5.41) is 2.99.